The first kappa shape index (κ1) is 12.9. The minimum Gasteiger partial charge on any atom is -0.479 e. The zero-order valence-corrected chi connectivity index (χ0v) is 10.9. The van der Waals surface area contributed by atoms with E-state index in [0.29, 0.717) is 17.4 Å². The summed E-state index contributed by atoms with van der Waals surface area (Å²) in [6.45, 7) is 5.08. The summed E-state index contributed by atoms with van der Waals surface area (Å²) in [5, 5.41) is 3.20. The van der Waals surface area contributed by atoms with Gasteiger partial charge in [0.15, 0.2) is 5.82 Å². The number of hydrogen-bond acceptors (Lipinski definition) is 6. The number of nitrogens with two attached hydrogens (primary N) is 1. The summed E-state index contributed by atoms with van der Waals surface area (Å²) in [5.74, 6) is 1.02. The molecule has 0 aromatic carbocycles. The van der Waals surface area contributed by atoms with Gasteiger partial charge in [0.2, 0.25) is 5.88 Å². The molecule has 1 heterocycles. The summed E-state index contributed by atoms with van der Waals surface area (Å²) in [7, 11) is 1.54. The first-order valence-corrected chi connectivity index (χ1v) is 6.16. The second kappa shape index (κ2) is 5.25. The zero-order chi connectivity index (χ0) is 12.2. The van der Waals surface area contributed by atoms with Crippen molar-refractivity contribution in [2.24, 2.45) is 0 Å². The van der Waals surface area contributed by atoms with Crippen molar-refractivity contribution >= 4 is 23.3 Å². The molecule has 1 rings (SSSR count). The molecule has 0 radical (unpaired) electrons. The van der Waals surface area contributed by atoms with Crippen molar-refractivity contribution in [3.05, 3.63) is 6.33 Å². The monoisotopic (exact) mass is 242 g/mol. The Labute approximate surface area is 100 Å². The van der Waals surface area contributed by atoms with Gasteiger partial charge < -0.3 is 15.8 Å². The van der Waals surface area contributed by atoms with Gasteiger partial charge >= 0.3 is 0 Å². The van der Waals surface area contributed by atoms with Crippen LogP contribution in [0.25, 0.3) is 0 Å². The van der Waals surface area contributed by atoms with Gasteiger partial charge in [-0.15, -0.1) is 0 Å². The van der Waals surface area contributed by atoms with E-state index in [1.807, 2.05) is 0 Å². The Hall–Kier alpha value is -1.17. The fourth-order valence-electron chi connectivity index (χ4n) is 1.05. The van der Waals surface area contributed by atoms with Gasteiger partial charge in [0.05, 0.1) is 7.11 Å². The largest absolute Gasteiger partial charge is 0.479 e. The Morgan fingerprint density at radius 3 is 2.75 bits per heavy atom. The molecule has 5 nitrogen and oxygen atoms in total. The van der Waals surface area contributed by atoms with Crippen molar-refractivity contribution in [1.82, 2.24) is 9.97 Å². The first-order chi connectivity index (χ1) is 7.50. The van der Waals surface area contributed by atoms with Crippen molar-refractivity contribution in [2.75, 3.05) is 31.0 Å². The Kier molecular flexibility index (Phi) is 4.23. The number of nitrogens with one attached hydrogen (secondary N) is 1. The summed E-state index contributed by atoms with van der Waals surface area (Å²) in [4.78, 5) is 8.01. The lowest BCUT2D eigenvalue weighted by molar-refractivity contribution is 0.399. The van der Waals surface area contributed by atoms with Gasteiger partial charge in [-0.05, 0) is 20.1 Å². The molecule has 16 heavy (non-hydrogen) atoms. The molecule has 0 saturated carbocycles. The molecule has 0 aliphatic carbocycles. The standard InChI is InChI=1S/C10H18N4OS/c1-10(2,16-4)5-12-8-7(11)9(15-3)14-6-13-8/h6H,5,11H2,1-4H3,(H,12,13,14). The molecule has 0 unspecified atom stereocenters. The SMILES string of the molecule is COc1ncnc(NCC(C)(C)SC)c1N. The van der Waals surface area contributed by atoms with Gasteiger partial charge in [-0.3, -0.25) is 0 Å². The van der Waals surface area contributed by atoms with Gasteiger partial charge in [0.25, 0.3) is 0 Å². The Morgan fingerprint density at radius 2 is 2.19 bits per heavy atom. The van der Waals surface area contributed by atoms with Crippen molar-refractivity contribution in [2.45, 2.75) is 18.6 Å². The highest BCUT2D eigenvalue weighted by Gasteiger charge is 2.17. The smallest absolute Gasteiger partial charge is 0.242 e. The molecular formula is C10H18N4OS. The summed E-state index contributed by atoms with van der Waals surface area (Å²) >= 11 is 1.78. The van der Waals surface area contributed by atoms with E-state index < -0.39 is 0 Å². The molecule has 1 aromatic rings. The maximum absolute atomic E-state index is 5.85. The van der Waals surface area contributed by atoms with Crippen molar-refractivity contribution in [3.8, 4) is 5.88 Å². The zero-order valence-electron chi connectivity index (χ0n) is 10.1. The number of nitrogens with zero attached hydrogens (tertiary/aromatic N) is 2. The van der Waals surface area contributed by atoms with E-state index in [-0.39, 0.29) is 4.75 Å². The summed E-state index contributed by atoms with van der Waals surface area (Å²) in [6.07, 6.45) is 3.51. The number of ether oxygens (including phenoxy) is 1. The van der Waals surface area contributed by atoms with E-state index in [0.717, 1.165) is 6.54 Å². The third kappa shape index (κ3) is 3.16. The molecular weight excluding hydrogens is 224 g/mol. The fraction of sp³-hybridized carbons (Fsp3) is 0.600. The number of methoxy groups -OCH3 is 1. The van der Waals surface area contributed by atoms with Crippen LogP contribution in [-0.2, 0) is 0 Å². The minimum absolute atomic E-state index is 0.130. The molecule has 6 heteroatoms. The normalized spacial score (nSPS) is 11.2. The average Bonchev–Trinajstić information content (AvgIpc) is 2.28. The minimum atomic E-state index is 0.130. The first-order valence-electron chi connectivity index (χ1n) is 4.93. The van der Waals surface area contributed by atoms with Crippen LogP contribution in [-0.4, -0.2) is 34.6 Å². The molecule has 0 spiro atoms. The topological polar surface area (TPSA) is 73.1 Å². The maximum atomic E-state index is 5.85. The highest BCUT2D eigenvalue weighted by Crippen LogP contribution is 2.26. The van der Waals surface area contributed by atoms with Gasteiger partial charge in [0.1, 0.15) is 12.0 Å². The summed E-state index contributed by atoms with van der Waals surface area (Å²) in [6, 6.07) is 0. The molecule has 90 valence electrons. The molecule has 3 N–H and O–H groups in total. The third-order valence-electron chi connectivity index (χ3n) is 2.27. The van der Waals surface area contributed by atoms with Crippen molar-refractivity contribution in [3.63, 3.8) is 0 Å². The van der Waals surface area contributed by atoms with Gasteiger partial charge in [-0.25, -0.2) is 4.98 Å². The van der Waals surface area contributed by atoms with Crippen molar-refractivity contribution in [1.29, 1.82) is 0 Å². The Bertz CT molecular complexity index is 357. The fourth-order valence-corrected chi connectivity index (χ4v) is 1.27. The maximum Gasteiger partial charge on any atom is 0.242 e. The van der Waals surface area contributed by atoms with Gasteiger partial charge in [-0.2, -0.15) is 16.7 Å². The molecule has 1 aromatic heterocycles. The van der Waals surface area contributed by atoms with E-state index in [1.54, 1.807) is 11.8 Å². The lowest BCUT2D eigenvalue weighted by Gasteiger charge is -2.23. The van der Waals surface area contributed by atoms with Crippen LogP contribution >= 0.6 is 11.8 Å². The summed E-state index contributed by atoms with van der Waals surface area (Å²) in [5.41, 5.74) is 6.29. The highest BCUT2D eigenvalue weighted by molar-refractivity contribution is 7.99. The quantitative estimate of drug-likeness (QED) is 0.817. The lowest BCUT2D eigenvalue weighted by Crippen LogP contribution is -2.26. The van der Waals surface area contributed by atoms with E-state index in [2.05, 4.69) is 35.4 Å². The number of anilines is 2. The molecule has 0 atom stereocenters. The Morgan fingerprint density at radius 1 is 1.50 bits per heavy atom. The second-order valence-electron chi connectivity index (χ2n) is 3.96. The lowest BCUT2D eigenvalue weighted by atomic mass is 10.2. The van der Waals surface area contributed by atoms with Gasteiger partial charge in [-0.1, -0.05) is 0 Å². The van der Waals surface area contributed by atoms with Crippen LogP contribution < -0.4 is 15.8 Å². The number of thioether (sulfide) groups is 1. The highest BCUT2D eigenvalue weighted by atomic mass is 32.2. The number of nitrogen functional groups attached to an aromatic ring is 1. The average molecular weight is 242 g/mol. The number of aromatic nitrogens is 2. The predicted molar refractivity (Wildman–Crippen MR) is 69.1 cm³/mol. The molecule has 0 fully saturated rings. The van der Waals surface area contributed by atoms with Crippen LogP contribution in [0.1, 0.15) is 13.8 Å². The van der Waals surface area contributed by atoms with Crippen molar-refractivity contribution < 1.29 is 4.74 Å². The van der Waals surface area contributed by atoms with Crippen LogP contribution in [0.2, 0.25) is 0 Å². The van der Waals surface area contributed by atoms with E-state index in [1.165, 1.54) is 13.4 Å². The van der Waals surface area contributed by atoms with Crippen LogP contribution in [0.4, 0.5) is 11.5 Å². The van der Waals surface area contributed by atoms with E-state index in [9.17, 15) is 0 Å². The van der Waals surface area contributed by atoms with Crippen LogP contribution in [0.15, 0.2) is 6.33 Å². The molecule has 0 aliphatic heterocycles. The van der Waals surface area contributed by atoms with Crippen LogP contribution in [0.3, 0.4) is 0 Å². The number of hydrogen-bond donors (Lipinski definition) is 2. The number of rotatable bonds is 5. The van der Waals surface area contributed by atoms with Gasteiger partial charge in [0, 0.05) is 11.3 Å². The summed E-state index contributed by atoms with van der Waals surface area (Å²) < 4.78 is 5.15. The molecule has 0 bridgehead atoms. The van der Waals surface area contributed by atoms with Crippen LogP contribution in [0.5, 0.6) is 5.88 Å². The molecule has 0 saturated heterocycles. The predicted octanol–water partition coefficient (Wildman–Crippen LogP) is 1.62. The van der Waals surface area contributed by atoms with E-state index in [4.69, 9.17) is 10.5 Å². The molecule has 0 aliphatic rings. The van der Waals surface area contributed by atoms with Crippen LogP contribution in [0, 0.1) is 0 Å². The second-order valence-corrected chi connectivity index (χ2v) is 5.48. The van der Waals surface area contributed by atoms with E-state index >= 15 is 0 Å². The molecule has 0 amide bonds. The third-order valence-corrected chi connectivity index (χ3v) is 3.52. The Balaban J connectivity index is 2.75.